The van der Waals surface area contributed by atoms with E-state index >= 15 is 0 Å². The number of aromatic nitrogens is 1. The van der Waals surface area contributed by atoms with E-state index in [1.807, 2.05) is 30.0 Å². The summed E-state index contributed by atoms with van der Waals surface area (Å²) in [5.74, 6) is -0.100. The number of nitrogens with zero attached hydrogens (tertiary/aromatic N) is 2. The monoisotopic (exact) mass is 360 g/mol. The van der Waals surface area contributed by atoms with E-state index in [-0.39, 0.29) is 6.04 Å². The number of likely N-dealkylation sites (tertiary alicyclic amines) is 1. The molecule has 3 rings (SSSR count). The van der Waals surface area contributed by atoms with Crippen LogP contribution in [0.3, 0.4) is 0 Å². The van der Waals surface area contributed by atoms with Gasteiger partial charge in [0.15, 0.2) is 0 Å². The quantitative estimate of drug-likeness (QED) is 0.881. The summed E-state index contributed by atoms with van der Waals surface area (Å²) in [7, 11) is 1.61. The summed E-state index contributed by atoms with van der Waals surface area (Å²) in [5, 5.41) is 10.3. The molecule has 0 bridgehead atoms. The molecule has 0 radical (unpaired) electrons. The van der Waals surface area contributed by atoms with Gasteiger partial charge in [-0.2, -0.15) is 0 Å². The fourth-order valence-corrected chi connectivity index (χ4v) is 3.78. The highest BCUT2D eigenvalue weighted by Crippen LogP contribution is 2.40. The van der Waals surface area contributed by atoms with Crippen LogP contribution in [0.2, 0.25) is 5.02 Å². The zero-order valence-corrected chi connectivity index (χ0v) is 15.0. The molecule has 1 aliphatic heterocycles. The molecule has 6 heteroatoms. The second-order valence-corrected chi connectivity index (χ2v) is 6.69. The number of ether oxygens (including phenoxy) is 1. The molecule has 0 spiro atoms. The molecule has 2 atom stereocenters. The van der Waals surface area contributed by atoms with Crippen molar-refractivity contribution in [3.63, 3.8) is 0 Å². The standard InChI is InChI=1S/C19H21ClN2O3/c1-12-11-21-8-7-14(12)18(22-9-3-4-16(22)19(23)24)15-10-13(20)5-6-17(15)25-2/h5-8,10-11,16,18H,3-4,9H2,1-2H3,(H,23,24). The summed E-state index contributed by atoms with van der Waals surface area (Å²) in [4.78, 5) is 18.0. The lowest BCUT2D eigenvalue weighted by atomic mass is 9.93. The molecular formula is C19H21ClN2O3. The van der Waals surface area contributed by atoms with Crippen molar-refractivity contribution in [2.75, 3.05) is 13.7 Å². The molecule has 0 amide bonds. The van der Waals surface area contributed by atoms with Crippen LogP contribution in [-0.4, -0.2) is 40.7 Å². The number of methoxy groups -OCH3 is 1. The Balaban J connectivity index is 2.18. The molecule has 1 saturated heterocycles. The Hall–Kier alpha value is -2.11. The lowest BCUT2D eigenvalue weighted by Crippen LogP contribution is -2.39. The van der Waals surface area contributed by atoms with E-state index in [2.05, 4.69) is 4.98 Å². The fraction of sp³-hybridized carbons (Fsp3) is 0.368. The number of aliphatic carboxylic acids is 1. The van der Waals surface area contributed by atoms with Crippen LogP contribution in [0.15, 0.2) is 36.7 Å². The average Bonchev–Trinajstić information content (AvgIpc) is 3.07. The summed E-state index contributed by atoms with van der Waals surface area (Å²) in [6, 6.07) is 6.63. The van der Waals surface area contributed by atoms with E-state index in [1.54, 1.807) is 25.6 Å². The molecule has 0 saturated carbocycles. The van der Waals surface area contributed by atoms with E-state index < -0.39 is 12.0 Å². The highest BCUT2D eigenvalue weighted by atomic mass is 35.5. The summed E-state index contributed by atoms with van der Waals surface area (Å²) < 4.78 is 5.55. The second kappa shape index (κ2) is 7.42. The summed E-state index contributed by atoms with van der Waals surface area (Å²) >= 11 is 6.25. The maximum Gasteiger partial charge on any atom is 0.320 e. The number of carbonyl (C=O) groups is 1. The number of carboxylic acids is 1. The number of hydrogen-bond donors (Lipinski definition) is 1. The topological polar surface area (TPSA) is 62.7 Å². The summed E-state index contributed by atoms with van der Waals surface area (Å²) in [6.07, 6.45) is 5.02. The van der Waals surface area contributed by atoms with Gasteiger partial charge in [-0.25, -0.2) is 0 Å². The number of halogens is 1. The van der Waals surface area contributed by atoms with Crippen LogP contribution < -0.4 is 4.74 Å². The van der Waals surface area contributed by atoms with Gasteiger partial charge in [-0.1, -0.05) is 11.6 Å². The van der Waals surface area contributed by atoms with Gasteiger partial charge in [0.25, 0.3) is 0 Å². The molecule has 2 unspecified atom stereocenters. The zero-order valence-electron chi connectivity index (χ0n) is 14.3. The normalized spacial score (nSPS) is 18.9. The number of aryl methyl sites for hydroxylation is 1. The smallest absolute Gasteiger partial charge is 0.320 e. The third-order valence-electron chi connectivity index (χ3n) is 4.76. The van der Waals surface area contributed by atoms with Crippen molar-refractivity contribution in [3.05, 3.63) is 58.4 Å². The van der Waals surface area contributed by atoms with Crippen LogP contribution >= 0.6 is 11.6 Å². The highest BCUT2D eigenvalue weighted by molar-refractivity contribution is 6.30. The van der Waals surface area contributed by atoms with Gasteiger partial charge in [-0.15, -0.1) is 0 Å². The molecular weight excluding hydrogens is 340 g/mol. The molecule has 1 aromatic carbocycles. The van der Waals surface area contributed by atoms with Crippen LogP contribution in [0.4, 0.5) is 0 Å². The number of hydrogen-bond acceptors (Lipinski definition) is 4. The Morgan fingerprint density at radius 3 is 2.88 bits per heavy atom. The maximum atomic E-state index is 11.8. The SMILES string of the molecule is COc1ccc(Cl)cc1C(c1ccncc1C)N1CCCC1C(=O)O. The first-order valence-corrected chi connectivity index (χ1v) is 8.63. The fourth-order valence-electron chi connectivity index (χ4n) is 3.60. The van der Waals surface area contributed by atoms with Crippen molar-refractivity contribution in [3.8, 4) is 5.75 Å². The Kier molecular flexibility index (Phi) is 5.25. The van der Waals surface area contributed by atoms with Gasteiger partial charge < -0.3 is 9.84 Å². The molecule has 5 nitrogen and oxygen atoms in total. The van der Waals surface area contributed by atoms with E-state index in [0.29, 0.717) is 23.7 Å². The molecule has 1 aliphatic rings. The number of pyridine rings is 1. The number of rotatable bonds is 5. The van der Waals surface area contributed by atoms with Gasteiger partial charge in [0.05, 0.1) is 13.2 Å². The Morgan fingerprint density at radius 2 is 2.20 bits per heavy atom. The van der Waals surface area contributed by atoms with Crippen molar-refractivity contribution in [1.29, 1.82) is 0 Å². The van der Waals surface area contributed by atoms with Gasteiger partial charge in [-0.3, -0.25) is 14.7 Å². The molecule has 2 heterocycles. The largest absolute Gasteiger partial charge is 0.496 e. The molecule has 1 N–H and O–H groups in total. The zero-order chi connectivity index (χ0) is 18.0. The van der Waals surface area contributed by atoms with Crippen molar-refractivity contribution >= 4 is 17.6 Å². The predicted molar refractivity (Wildman–Crippen MR) is 96.2 cm³/mol. The van der Waals surface area contributed by atoms with Crippen LogP contribution in [0.5, 0.6) is 5.75 Å². The molecule has 1 fully saturated rings. The van der Waals surface area contributed by atoms with Crippen molar-refractivity contribution in [1.82, 2.24) is 9.88 Å². The van der Waals surface area contributed by atoms with Gasteiger partial charge >= 0.3 is 5.97 Å². The Labute approximate surface area is 152 Å². The van der Waals surface area contributed by atoms with Crippen molar-refractivity contribution in [2.45, 2.75) is 31.8 Å². The molecule has 1 aromatic heterocycles. The second-order valence-electron chi connectivity index (χ2n) is 6.26. The molecule has 0 aliphatic carbocycles. The summed E-state index contributed by atoms with van der Waals surface area (Å²) in [6.45, 7) is 2.69. The van der Waals surface area contributed by atoms with E-state index in [4.69, 9.17) is 16.3 Å². The van der Waals surface area contributed by atoms with E-state index in [9.17, 15) is 9.90 Å². The first-order valence-electron chi connectivity index (χ1n) is 8.25. The predicted octanol–water partition coefficient (Wildman–Crippen LogP) is 3.69. The number of carboxylic acid groups (broad SMARTS) is 1. The maximum absolute atomic E-state index is 11.8. The average molecular weight is 361 g/mol. The van der Waals surface area contributed by atoms with Crippen LogP contribution in [0.25, 0.3) is 0 Å². The third kappa shape index (κ3) is 3.48. The minimum atomic E-state index is -0.796. The Morgan fingerprint density at radius 1 is 1.40 bits per heavy atom. The van der Waals surface area contributed by atoms with Gasteiger partial charge in [0.2, 0.25) is 0 Å². The lowest BCUT2D eigenvalue weighted by molar-refractivity contribution is -0.142. The first kappa shape index (κ1) is 17.7. The van der Waals surface area contributed by atoms with E-state index in [0.717, 1.165) is 23.1 Å². The lowest BCUT2D eigenvalue weighted by Gasteiger charge is -2.33. The molecule has 25 heavy (non-hydrogen) atoms. The van der Waals surface area contributed by atoms with Gasteiger partial charge in [0.1, 0.15) is 11.8 Å². The van der Waals surface area contributed by atoms with Crippen molar-refractivity contribution < 1.29 is 14.6 Å². The van der Waals surface area contributed by atoms with Gasteiger partial charge in [-0.05, 0) is 55.2 Å². The van der Waals surface area contributed by atoms with Crippen LogP contribution in [-0.2, 0) is 4.79 Å². The minimum absolute atomic E-state index is 0.250. The third-order valence-corrected chi connectivity index (χ3v) is 4.99. The first-order chi connectivity index (χ1) is 12.0. The Bertz CT molecular complexity index is 781. The van der Waals surface area contributed by atoms with Gasteiger partial charge in [0, 0.05) is 29.5 Å². The van der Waals surface area contributed by atoms with E-state index in [1.165, 1.54) is 0 Å². The molecule has 132 valence electrons. The number of benzene rings is 1. The minimum Gasteiger partial charge on any atom is -0.496 e. The van der Waals surface area contributed by atoms with Crippen LogP contribution in [0, 0.1) is 6.92 Å². The van der Waals surface area contributed by atoms with Crippen molar-refractivity contribution in [2.24, 2.45) is 0 Å². The molecule has 2 aromatic rings. The summed E-state index contributed by atoms with van der Waals surface area (Å²) in [5.41, 5.74) is 2.90. The van der Waals surface area contributed by atoms with Crippen LogP contribution in [0.1, 0.15) is 35.6 Å². The highest BCUT2D eigenvalue weighted by Gasteiger charge is 2.38.